The van der Waals surface area contributed by atoms with Crippen LogP contribution in [0, 0.1) is 0 Å². The molecule has 0 atom stereocenters. The number of anilines is 2. The molecule has 0 unspecified atom stereocenters. The maximum absolute atomic E-state index is 13.0. The minimum Gasteiger partial charge on any atom is -0.496 e. The number of methoxy groups -OCH3 is 1. The zero-order chi connectivity index (χ0) is 21.3. The van der Waals surface area contributed by atoms with Gasteiger partial charge < -0.3 is 15.0 Å². The molecular weight excluding hydrogens is 376 g/mol. The van der Waals surface area contributed by atoms with Crippen molar-refractivity contribution in [1.82, 2.24) is 0 Å². The number of ether oxygens (including phenoxy) is 1. The van der Waals surface area contributed by atoms with E-state index in [9.17, 15) is 9.59 Å². The van der Waals surface area contributed by atoms with Gasteiger partial charge in [0.15, 0.2) is 0 Å². The Morgan fingerprint density at radius 2 is 1.70 bits per heavy atom. The summed E-state index contributed by atoms with van der Waals surface area (Å²) in [7, 11) is 1.59. The molecule has 3 rings (SSSR count). The zero-order valence-electron chi connectivity index (χ0n) is 17.0. The van der Waals surface area contributed by atoms with Crippen LogP contribution in [0.25, 0.3) is 6.08 Å². The third-order valence-corrected chi connectivity index (χ3v) is 4.56. The number of hydrogen-bond acceptors (Lipinski definition) is 3. The molecule has 3 aromatic rings. The largest absolute Gasteiger partial charge is 0.496 e. The van der Waals surface area contributed by atoms with Crippen LogP contribution in [-0.2, 0) is 4.79 Å². The van der Waals surface area contributed by atoms with Crippen molar-refractivity contribution in [2.75, 3.05) is 23.9 Å². The molecule has 30 heavy (non-hydrogen) atoms. The summed E-state index contributed by atoms with van der Waals surface area (Å²) in [5.74, 6) is 0.278. The average Bonchev–Trinajstić information content (AvgIpc) is 2.79. The van der Waals surface area contributed by atoms with Crippen LogP contribution < -0.4 is 15.0 Å². The molecule has 0 aliphatic heterocycles. The summed E-state index contributed by atoms with van der Waals surface area (Å²) >= 11 is 0. The monoisotopic (exact) mass is 400 g/mol. The fraction of sp³-hybridized carbons (Fsp3) is 0.120. The number of benzene rings is 3. The normalized spacial score (nSPS) is 10.6. The topological polar surface area (TPSA) is 58.6 Å². The minimum absolute atomic E-state index is 0.121. The Hall–Kier alpha value is -3.86. The second-order valence-corrected chi connectivity index (χ2v) is 6.53. The van der Waals surface area contributed by atoms with E-state index in [1.54, 1.807) is 42.4 Å². The van der Waals surface area contributed by atoms with Crippen LogP contribution in [0.3, 0.4) is 0 Å². The second-order valence-electron chi connectivity index (χ2n) is 6.53. The highest BCUT2D eigenvalue weighted by atomic mass is 16.5. The summed E-state index contributed by atoms with van der Waals surface area (Å²) in [6.45, 7) is 2.47. The standard InChI is InChI=1S/C25H24N2O3/c1-3-27(22-13-5-4-6-14-22)25(29)20-11-9-12-21(18-20)26-24(28)17-16-19-10-7-8-15-23(19)30-2/h4-18H,3H2,1-2H3,(H,26,28)/b17-16+. The van der Waals surface area contributed by atoms with Gasteiger partial charge in [-0.25, -0.2) is 0 Å². The Bertz CT molecular complexity index is 1050. The van der Waals surface area contributed by atoms with Crippen molar-refractivity contribution < 1.29 is 14.3 Å². The van der Waals surface area contributed by atoms with Crippen LogP contribution in [0.2, 0.25) is 0 Å². The number of nitrogens with zero attached hydrogens (tertiary/aromatic N) is 1. The Kier molecular flexibility index (Phi) is 7.00. The first-order valence-electron chi connectivity index (χ1n) is 9.71. The first-order chi connectivity index (χ1) is 14.6. The molecule has 0 spiro atoms. The fourth-order valence-corrected chi connectivity index (χ4v) is 3.09. The van der Waals surface area contributed by atoms with E-state index < -0.39 is 0 Å². The van der Waals surface area contributed by atoms with Gasteiger partial charge in [0.1, 0.15) is 5.75 Å². The predicted octanol–water partition coefficient (Wildman–Crippen LogP) is 5.01. The number of para-hydroxylation sites is 2. The Morgan fingerprint density at radius 3 is 2.43 bits per heavy atom. The van der Waals surface area contributed by atoms with Gasteiger partial charge in [0.25, 0.3) is 5.91 Å². The first-order valence-corrected chi connectivity index (χ1v) is 9.71. The molecular formula is C25H24N2O3. The summed E-state index contributed by atoms with van der Waals surface area (Å²) in [5.41, 5.74) is 2.70. The highest BCUT2D eigenvalue weighted by Gasteiger charge is 2.16. The Morgan fingerprint density at radius 1 is 0.967 bits per heavy atom. The number of amides is 2. The molecule has 0 saturated heterocycles. The van der Waals surface area contributed by atoms with Crippen molar-refractivity contribution in [2.24, 2.45) is 0 Å². The molecule has 0 radical (unpaired) electrons. The lowest BCUT2D eigenvalue weighted by Gasteiger charge is -2.21. The summed E-state index contributed by atoms with van der Waals surface area (Å²) in [6.07, 6.45) is 3.13. The second kappa shape index (κ2) is 10.1. The smallest absolute Gasteiger partial charge is 0.258 e. The highest BCUT2D eigenvalue weighted by molar-refractivity contribution is 6.07. The van der Waals surface area contributed by atoms with E-state index >= 15 is 0 Å². The molecule has 2 amide bonds. The third kappa shape index (κ3) is 5.14. The number of carbonyl (C=O) groups excluding carboxylic acids is 2. The minimum atomic E-state index is -0.291. The van der Waals surface area contributed by atoms with Crippen LogP contribution >= 0.6 is 0 Å². The van der Waals surface area contributed by atoms with Crippen molar-refractivity contribution in [3.05, 3.63) is 96.1 Å². The number of nitrogens with one attached hydrogen (secondary N) is 1. The van der Waals surface area contributed by atoms with Crippen LogP contribution in [0.15, 0.2) is 84.9 Å². The summed E-state index contributed by atoms with van der Waals surface area (Å²) in [4.78, 5) is 27.0. The van der Waals surface area contributed by atoms with Gasteiger partial charge in [0.2, 0.25) is 5.91 Å². The molecule has 152 valence electrons. The summed E-state index contributed by atoms with van der Waals surface area (Å²) in [5, 5.41) is 2.80. The number of hydrogen-bond donors (Lipinski definition) is 1. The zero-order valence-corrected chi connectivity index (χ0v) is 17.0. The van der Waals surface area contributed by atoms with E-state index in [1.165, 1.54) is 6.08 Å². The van der Waals surface area contributed by atoms with Gasteiger partial charge >= 0.3 is 0 Å². The van der Waals surface area contributed by atoms with Gasteiger partial charge in [-0.3, -0.25) is 9.59 Å². The lowest BCUT2D eigenvalue weighted by Crippen LogP contribution is -2.30. The molecule has 5 heteroatoms. The molecule has 0 aliphatic rings. The van der Waals surface area contributed by atoms with E-state index in [4.69, 9.17) is 4.74 Å². The van der Waals surface area contributed by atoms with Crippen LogP contribution in [-0.4, -0.2) is 25.5 Å². The van der Waals surface area contributed by atoms with Gasteiger partial charge in [0.05, 0.1) is 7.11 Å². The van der Waals surface area contributed by atoms with E-state index in [1.807, 2.05) is 61.5 Å². The molecule has 1 N–H and O–H groups in total. The van der Waals surface area contributed by atoms with Crippen LogP contribution in [0.5, 0.6) is 5.75 Å². The van der Waals surface area contributed by atoms with Crippen molar-refractivity contribution in [2.45, 2.75) is 6.92 Å². The third-order valence-electron chi connectivity index (χ3n) is 4.56. The van der Waals surface area contributed by atoms with E-state index in [2.05, 4.69) is 5.32 Å². The molecule has 0 saturated carbocycles. The number of rotatable bonds is 7. The Labute approximate surface area is 176 Å². The lowest BCUT2D eigenvalue weighted by molar-refractivity contribution is -0.111. The van der Waals surface area contributed by atoms with Crippen molar-refractivity contribution >= 4 is 29.3 Å². The predicted molar refractivity (Wildman–Crippen MR) is 121 cm³/mol. The van der Waals surface area contributed by atoms with E-state index in [0.29, 0.717) is 23.5 Å². The Balaban J connectivity index is 1.73. The van der Waals surface area contributed by atoms with Crippen molar-refractivity contribution in [1.29, 1.82) is 0 Å². The molecule has 0 heterocycles. The SMILES string of the molecule is CCN(C(=O)c1cccc(NC(=O)/C=C/c2ccccc2OC)c1)c1ccccc1. The molecule has 0 aromatic heterocycles. The van der Waals surface area contributed by atoms with Crippen molar-refractivity contribution in [3.63, 3.8) is 0 Å². The van der Waals surface area contributed by atoms with Crippen molar-refractivity contribution in [3.8, 4) is 5.75 Å². The highest BCUT2D eigenvalue weighted by Crippen LogP contribution is 2.20. The van der Waals surface area contributed by atoms with E-state index in [-0.39, 0.29) is 11.8 Å². The van der Waals surface area contributed by atoms with Gasteiger partial charge in [-0.15, -0.1) is 0 Å². The number of carbonyl (C=O) groups is 2. The molecule has 0 bridgehead atoms. The van der Waals surface area contributed by atoms with Gasteiger partial charge in [-0.1, -0.05) is 42.5 Å². The molecule has 0 fully saturated rings. The average molecular weight is 400 g/mol. The first kappa shape index (κ1) is 20.9. The quantitative estimate of drug-likeness (QED) is 0.567. The molecule has 5 nitrogen and oxygen atoms in total. The maximum atomic E-state index is 13.0. The van der Waals surface area contributed by atoms with Gasteiger partial charge in [0, 0.05) is 35.1 Å². The lowest BCUT2D eigenvalue weighted by atomic mass is 10.1. The summed E-state index contributed by atoms with van der Waals surface area (Å²) < 4.78 is 5.28. The molecule has 0 aliphatic carbocycles. The van der Waals surface area contributed by atoms with Gasteiger partial charge in [-0.05, 0) is 49.4 Å². The van der Waals surface area contributed by atoms with Crippen LogP contribution in [0.1, 0.15) is 22.8 Å². The van der Waals surface area contributed by atoms with E-state index in [0.717, 1.165) is 11.3 Å². The fourth-order valence-electron chi connectivity index (χ4n) is 3.09. The molecule has 3 aromatic carbocycles. The summed E-state index contributed by atoms with van der Waals surface area (Å²) in [6, 6.07) is 23.9. The van der Waals surface area contributed by atoms with Crippen LogP contribution in [0.4, 0.5) is 11.4 Å². The van der Waals surface area contributed by atoms with Gasteiger partial charge in [-0.2, -0.15) is 0 Å². The maximum Gasteiger partial charge on any atom is 0.258 e.